The second-order valence-electron chi connectivity index (χ2n) is 7.08. The molecular weight excluding hydrogens is 366 g/mol. The fourth-order valence-electron chi connectivity index (χ4n) is 3.37. The van der Waals surface area contributed by atoms with Crippen LogP contribution >= 0.6 is 12.2 Å². The lowest BCUT2D eigenvalue weighted by Crippen LogP contribution is -3.14. The lowest BCUT2D eigenvalue weighted by atomic mass is 10.1. The fourth-order valence-corrected chi connectivity index (χ4v) is 3.66. The zero-order valence-corrected chi connectivity index (χ0v) is 17.4. The van der Waals surface area contributed by atoms with Gasteiger partial charge < -0.3 is 19.9 Å². The number of ether oxygens (including phenoxy) is 1. The van der Waals surface area contributed by atoms with Crippen LogP contribution < -0.4 is 15.0 Å². The van der Waals surface area contributed by atoms with Crippen molar-refractivity contribution in [2.45, 2.75) is 6.42 Å². The van der Waals surface area contributed by atoms with Crippen molar-refractivity contribution in [1.82, 2.24) is 10.2 Å². The van der Waals surface area contributed by atoms with Crippen molar-refractivity contribution in [3.63, 3.8) is 0 Å². The Hall–Kier alpha value is -2.37. The van der Waals surface area contributed by atoms with Gasteiger partial charge in [0.25, 0.3) is 0 Å². The molecule has 0 spiro atoms. The zero-order chi connectivity index (χ0) is 19.6. The molecule has 5 heteroatoms. The number of benzene rings is 2. The molecule has 0 bridgehead atoms. The van der Waals surface area contributed by atoms with Crippen LogP contribution in [0.15, 0.2) is 60.7 Å². The number of hydrogen-bond acceptors (Lipinski definition) is 2. The van der Waals surface area contributed by atoms with E-state index in [0.29, 0.717) is 0 Å². The van der Waals surface area contributed by atoms with Crippen molar-refractivity contribution in [2.24, 2.45) is 0 Å². The highest BCUT2D eigenvalue weighted by atomic mass is 32.1. The first-order valence-electron chi connectivity index (χ1n) is 9.95. The minimum atomic E-state index is 0.859. The largest absolute Gasteiger partial charge is 0.497 e. The summed E-state index contributed by atoms with van der Waals surface area (Å²) < 4.78 is 5.20. The molecule has 0 aromatic heterocycles. The maximum atomic E-state index is 5.59. The van der Waals surface area contributed by atoms with Crippen LogP contribution in [0.4, 0.5) is 0 Å². The van der Waals surface area contributed by atoms with Crippen molar-refractivity contribution in [3.8, 4) is 5.75 Å². The Morgan fingerprint density at radius 2 is 1.82 bits per heavy atom. The molecule has 2 aromatic rings. The zero-order valence-electron chi connectivity index (χ0n) is 16.6. The van der Waals surface area contributed by atoms with Gasteiger partial charge in [0.15, 0.2) is 5.11 Å². The van der Waals surface area contributed by atoms with Gasteiger partial charge in [0.1, 0.15) is 5.75 Å². The Morgan fingerprint density at radius 3 is 2.50 bits per heavy atom. The van der Waals surface area contributed by atoms with E-state index in [1.54, 1.807) is 12.0 Å². The fraction of sp³-hybridized carbons (Fsp3) is 0.348. The Labute approximate surface area is 173 Å². The van der Waals surface area contributed by atoms with Gasteiger partial charge >= 0.3 is 0 Å². The van der Waals surface area contributed by atoms with Crippen molar-refractivity contribution in [1.29, 1.82) is 0 Å². The molecule has 3 rings (SSSR count). The summed E-state index contributed by atoms with van der Waals surface area (Å²) in [6.45, 7) is 6.21. The van der Waals surface area contributed by atoms with E-state index >= 15 is 0 Å². The molecule has 0 radical (unpaired) electrons. The molecule has 1 heterocycles. The minimum Gasteiger partial charge on any atom is -0.497 e. The first-order valence-corrected chi connectivity index (χ1v) is 10.4. The van der Waals surface area contributed by atoms with Crippen molar-refractivity contribution in [3.05, 3.63) is 71.8 Å². The van der Waals surface area contributed by atoms with Crippen LogP contribution in [-0.4, -0.2) is 56.4 Å². The minimum absolute atomic E-state index is 0.859. The normalized spacial score (nSPS) is 15.0. The second kappa shape index (κ2) is 10.8. The first kappa shape index (κ1) is 20.4. The number of methoxy groups -OCH3 is 1. The monoisotopic (exact) mass is 396 g/mol. The summed E-state index contributed by atoms with van der Waals surface area (Å²) in [4.78, 5) is 3.91. The number of piperazine rings is 1. The molecule has 2 N–H and O–H groups in total. The predicted octanol–water partition coefficient (Wildman–Crippen LogP) is 2.03. The number of hydrogen-bond donors (Lipinski definition) is 2. The molecule has 2 aromatic carbocycles. The summed E-state index contributed by atoms with van der Waals surface area (Å²) in [5, 5.41) is 4.29. The molecule has 0 unspecified atom stereocenters. The molecule has 0 atom stereocenters. The summed E-state index contributed by atoms with van der Waals surface area (Å²) in [7, 11) is 1.69. The van der Waals surface area contributed by atoms with Crippen LogP contribution in [0.5, 0.6) is 5.75 Å². The molecule has 0 saturated carbocycles. The van der Waals surface area contributed by atoms with Gasteiger partial charge in [-0.3, -0.25) is 0 Å². The number of thiocarbonyl (C=S) groups is 1. The summed E-state index contributed by atoms with van der Waals surface area (Å²) in [6, 6.07) is 18.7. The van der Waals surface area contributed by atoms with Gasteiger partial charge in [0.2, 0.25) is 0 Å². The molecule has 1 fully saturated rings. The van der Waals surface area contributed by atoms with E-state index in [4.69, 9.17) is 17.0 Å². The van der Waals surface area contributed by atoms with E-state index in [1.165, 1.54) is 11.1 Å². The highest BCUT2D eigenvalue weighted by molar-refractivity contribution is 7.80. The maximum absolute atomic E-state index is 5.59. The van der Waals surface area contributed by atoms with E-state index in [2.05, 4.69) is 64.8 Å². The van der Waals surface area contributed by atoms with Crippen LogP contribution in [-0.2, 0) is 6.42 Å². The van der Waals surface area contributed by atoms with Crippen LogP contribution in [0, 0.1) is 0 Å². The lowest BCUT2D eigenvalue weighted by Gasteiger charge is -2.33. The Bertz CT molecular complexity index is 753. The van der Waals surface area contributed by atoms with Crippen molar-refractivity contribution < 1.29 is 9.64 Å². The highest BCUT2D eigenvalue weighted by Gasteiger charge is 2.20. The van der Waals surface area contributed by atoms with E-state index in [-0.39, 0.29) is 0 Å². The molecule has 4 nitrogen and oxygen atoms in total. The smallest absolute Gasteiger partial charge is 0.169 e. The van der Waals surface area contributed by atoms with Gasteiger partial charge in [0.05, 0.1) is 39.8 Å². The third kappa shape index (κ3) is 6.36. The van der Waals surface area contributed by atoms with Crippen LogP contribution in [0.3, 0.4) is 0 Å². The highest BCUT2D eigenvalue weighted by Crippen LogP contribution is 2.11. The third-order valence-electron chi connectivity index (χ3n) is 5.12. The molecule has 1 saturated heterocycles. The van der Waals surface area contributed by atoms with Gasteiger partial charge in [-0.25, -0.2) is 0 Å². The van der Waals surface area contributed by atoms with Crippen molar-refractivity contribution >= 4 is 23.4 Å². The van der Waals surface area contributed by atoms with Crippen LogP contribution in [0.1, 0.15) is 11.1 Å². The quantitative estimate of drug-likeness (QED) is 0.701. The standard InChI is InChI=1S/C23H29N3OS/c1-27-22-11-9-21(10-12-22)13-14-24-23(28)26-18-16-25(17-19-26)15-5-8-20-6-3-2-4-7-20/h2-12H,13-19H2,1H3,(H,24,28)/p+1/b8-5+. The van der Waals surface area contributed by atoms with Gasteiger partial charge in [-0.05, 0) is 48.0 Å². The maximum Gasteiger partial charge on any atom is 0.169 e. The summed E-state index contributed by atoms with van der Waals surface area (Å²) >= 11 is 5.59. The Kier molecular flexibility index (Phi) is 7.88. The van der Waals surface area contributed by atoms with E-state index in [1.807, 2.05) is 12.1 Å². The predicted molar refractivity (Wildman–Crippen MR) is 120 cm³/mol. The number of rotatable bonds is 7. The summed E-state index contributed by atoms with van der Waals surface area (Å²) in [6.07, 6.45) is 5.45. The molecule has 148 valence electrons. The van der Waals surface area contributed by atoms with Gasteiger partial charge in [-0.2, -0.15) is 0 Å². The van der Waals surface area contributed by atoms with E-state index in [0.717, 1.165) is 56.6 Å². The number of quaternary nitrogens is 1. The molecule has 1 aliphatic rings. The Morgan fingerprint density at radius 1 is 1.11 bits per heavy atom. The van der Waals surface area contributed by atoms with Gasteiger partial charge in [-0.1, -0.05) is 48.5 Å². The van der Waals surface area contributed by atoms with Gasteiger partial charge in [0, 0.05) is 6.54 Å². The molecule has 0 aliphatic carbocycles. The second-order valence-corrected chi connectivity index (χ2v) is 7.47. The van der Waals surface area contributed by atoms with E-state index in [9.17, 15) is 0 Å². The van der Waals surface area contributed by atoms with Crippen molar-refractivity contribution in [2.75, 3.05) is 46.4 Å². The van der Waals surface area contributed by atoms with E-state index < -0.39 is 0 Å². The Balaban J connectivity index is 1.33. The summed E-state index contributed by atoms with van der Waals surface area (Å²) in [5.41, 5.74) is 2.55. The number of nitrogens with one attached hydrogen (secondary N) is 2. The third-order valence-corrected chi connectivity index (χ3v) is 5.53. The molecule has 0 amide bonds. The average molecular weight is 397 g/mol. The summed E-state index contributed by atoms with van der Waals surface area (Å²) in [5.74, 6) is 0.895. The number of nitrogens with zero attached hydrogens (tertiary/aromatic N) is 1. The molecular formula is C23H30N3OS+. The first-order chi connectivity index (χ1) is 13.7. The lowest BCUT2D eigenvalue weighted by molar-refractivity contribution is -0.897. The van der Waals surface area contributed by atoms with Crippen LogP contribution in [0.25, 0.3) is 6.08 Å². The average Bonchev–Trinajstić information content (AvgIpc) is 2.75. The SMILES string of the molecule is COc1ccc(CCNC(=S)N2CC[NH+](C/C=C/c3ccccc3)CC2)cc1. The van der Waals surface area contributed by atoms with Gasteiger partial charge in [-0.15, -0.1) is 0 Å². The topological polar surface area (TPSA) is 28.9 Å². The molecule has 28 heavy (non-hydrogen) atoms. The molecule has 1 aliphatic heterocycles. The van der Waals surface area contributed by atoms with Crippen LogP contribution in [0.2, 0.25) is 0 Å².